The first kappa shape index (κ1) is 14.6. The van der Waals surface area contributed by atoms with E-state index >= 15 is 0 Å². The summed E-state index contributed by atoms with van der Waals surface area (Å²) in [5.74, 6) is -1.65. The number of hydrogen-bond donors (Lipinski definition) is 3. The average Bonchev–Trinajstić information content (AvgIpc) is 2.81. The highest BCUT2D eigenvalue weighted by molar-refractivity contribution is 5.98. The zero-order chi connectivity index (χ0) is 15.6. The molecule has 1 aromatic carbocycles. The monoisotopic (exact) mass is 289 g/mol. The number of amides is 1. The number of rotatable bonds is 4. The fourth-order valence-electron chi connectivity index (χ4n) is 1.99. The van der Waals surface area contributed by atoms with Gasteiger partial charge in [-0.25, -0.2) is 4.79 Å². The van der Waals surface area contributed by atoms with Crippen LogP contribution in [0.3, 0.4) is 0 Å². The van der Waals surface area contributed by atoms with Gasteiger partial charge in [0, 0.05) is 24.4 Å². The van der Waals surface area contributed by atoms with Gasteiger partial charge in [0.25, 0.3) is 5.91 Å². The van der Waals surface area contributed by atoms with Crippen molar-refractivity contribution in [1.29, 1.82) is 0 Å². The van der Waals surface area contributed by atoms with Crippen LogP contribution in [0.2, 0.25) is 0 Å². The number of phenolic OH excluding ortho intramolecular Hbond substituents is 1. The number of aromatic hydroxyl groups is 1. The topological polar surface area (TPSA) is 104 Å². The van der Waals surface area contributed by atoms with Crippen LogP contribution in [0, 0.1) is 6.92 Å². The molecule has 0 aliphatic rings. The van der Waals surface area contributed by atoms with Gasteiger partial charge in [-0.05, 0) is 30.7 Å². The Hall–Kier alpha value is -2.83. The summed E-state index contributed by atoms with van der Waals surface area (Å²) < 4.78 is 1.46. The second kappa shape index (κ2) is 5.66. The standard InChI is InChI=1S/C14H15N3O4/c1-8-5-10(18)3-4-11(8)13(19)16-12(14(20)21)9-6-15-17(2)7-9/h3-7,12,18H,1-2H3,(H,16,19)(H,20,21). The third-order valence-corrected chi connectivity index (χ3v) is 3.04. The summed E-state index contributed by atoms with van der Waals surface area (Å²) >= 11 is 0. The summed E-state index contributed by atoms with van der Waals surface area (Å²) in [6.45, 7) is 1.66. The van der Waals surface area contributed by atoms with E-state index in [1.807, 2.05) is 0 Å². The Morgan fingerprint density at radius 3 is 2.62 bits per heavy atom. The predicted octanol–water partition coefficient (Wildman–Crippen LogP) is 0.990. The molecule has 7 nitrogen and oxygen atoms in total. The maximum absolute atomic E-state index is 12.2. The van der Waals surface area contributed by atoms with Crippen LogP contribution in [-0.2, 0) is 11.8 Å². The predicted molar refractivity (Wildman–Crippen MR) is 73.9 cm³/mol. The first-order valence-corrected chi connectivity index (χ1v) is 6.20. The van der Waals surface area contributed by atoms with Crippen LogP contribution in [0.1, 0.15) is 27.5 Å². The quantitative estimate of drug-likeness (QED) is 0.778. The zero-order valence-electron chi connectivity index (χ0n) is 11.6. The Bertz CT molecular complexity index is 693. The number of carbonyl (C=O) groups excluding carboxylic acids is 1. The van der Waals surface area contributed by atoms with E-state index < -0.39 is 17.9 Å². The molecule has 1 amide bonds. The van der Waals surface area contributed by atoms with Crippen molar-refractivity contribution in [3.05, 3.63) is 47.3 Å². The molecular formula is C14H15N3O4. The number of aliphatic carboxylic acids is 1. The summed E-state index contributed by atoms with van der Waals surface area (Å²) in [5, 5.41) is 24.9. The highest BCUT2D eigenvalue weighted by Crippen LogP contribution is 2.18. The summed E-state index contributed by atoms with van der Waals surface area (Å²) in [4.78, 5) is 23.5. The van der Waals surface area contributed by atoms with E-state index in [9.17, 15) is 19.8 Å². The summed E-state index contributed by atoms with van der Waals surface area (Å²) in [5.41, 5.74) is 1.25. The van der Waals surface area contributed by atoms with Crippen molar-refractivity contribution in [2.24, 2.45) is 7.05 Å². The number of benzene rings is 1. The van der Waals surface area contributed by atoms with Gasteiger partial charge in [-0.1, -0.05) is 0 Å². The number of carboxylic acids is 1. The van der Waals surface area contributed by atoms with Crippen molar-refractivity contribution >= 4 is 11.9 Å². The van der Waals surface area contributed by atoms with Gasteiger partial charge in [-0.2, -0.15) is 5.10 Å². The molecule has 1 atom stereocenters. The number of aromatic nitrogens is 2. The Kier molecular flexibility index (Phi) is 3.93. The van der Waals surface area contributed by atoms with Gasteiger partial charge in [0.15, 0.2) is 6.04 Å². The molecule has 7 heteroatoms. The van der Waals surface area contributed by atoms with Crippen molar-refractivity contribution in [1.82, 2.24) is 15.1 Å². The lowest BCUT2D eigenvalue weighted by Crippen LogP contribution is -2.33. The molecule has 110 valence electrons. The zero-order valence-corrected chi connectivity index (χ0v) is 11.6. The molecule has 1 heterocycles. The lowest BCUT2D eigenvalue weighted by Gasteiger charge is -2.14. The van der Waals surface area contributed by atoms with Crippen molar-refractivity contribution in [2.45, 2.75) is 13.0 Å². The van der Waals surface area contributed by atoms with E-state index in [-0.39, 0.29) is 5.75 Å². The first-order chi connectivity index (χ1) is 9.88. The second-order valence-corrected chi connectivity index (χ2v) is 4.69. The molecule has 0 spiro atoms. The average molecular weight is 289 g/mol. The van der Waals surface area contributed by atoms with Gasteiger partial charge in [-0.15, -0.1) is 0 Å². The number of nitrogens with one attached hydrogen (secondary N) is 1. The lowest BCUT2D eigenvalue weighted by molar-refractivity contribution is -0.139. The molecule has 0 aliphatic carbocycles. The van der Waals surface area contributed by atoms with Crippen LogP contribution in [-0.4, -0.2) is 31.9 Å². The minimum atomic E-state index is -1.18. The maximum atomic E-state index is 12.2. The van der Waals surface area contributed by atoms with E-state index in [0.717, 1.165) is 0 Å². The molecule has 0 bridgehead atoms. The van der Waals surface area contributed by atoms with Gasteiger partial charge >= 0.3 is 5.97 Å². The molecule has 0 saturated carbocycles. The van der Waals surface area contributed by atoms with Crippen LogP contribution in [0.25, 0.3) is 0 Å². The van der Waals surface area contributed by atoms with E-state index in [1.54, 1.807) is 14.0 Å². The summed E-state index contributed by atoms with van der Waals surface area (Å²) in [6.07, 6.45) is 2.92. The van der Waals surface area contributed by atoms with Gasteiger partial charge in [0.05, 0.1) is 6.20 Å². The van der Waals surface area contributed by atoms with Crippen LogP contribution in [0.5, 0.6) is 5.75 Å². The summed E-state index contributed by atoms with van der Waals surface area (Å²) in [7, 11) is 1.66. The molecule has 0 fully saturated rings. The maximum Gasteiger partial charge on any atom is 0.331 e. The second-order valence-electron chi connectivity index (χ2n) is 4.69. The van der Waals surface area contributed by atoms with E-state index in [0.29, 0.717) is 16.7 Å². The minimum Gasteiger partial charge on any atom is -0.508 e. The first-order valence-electron chi connectivity index (χ1n) is 6.20. The van der Waals surface area contributed by atoms with Gasteiger partial charge in [0.2, 0.25) is 0 Å². The Labute approximate surface area is 120 Å². The highest BCUT2D eigenvalue weighted by atomic mass is 16.4. The third kappa shape index (κ3) is 3.19. The number of phenols is 1. The summed E-state index contributed by atoms with van der Waals surface area (Å²) in [6, 6.07) is 3.08. The van der Waals surface area contributed by atoms with Gasteiger partial charge in [0.1, 0.15) is 5.75 Å². The fraction of sp³-hybridized carbons (Fsp3) is 0.214. The molecule has 0 saturated heterocycles. The Morgan fingerprint density at radius 1 is 1.38 bits per heavy atom. The van der Waals surface area contributed by atoms with Crippen LogP contribution in [0.15, 0.2) is 30.6 Å². The van der Waals surface area contributed by atoms with Crippen molar-refractivity contribution < 1.29 is 19.8 Å². The van der Waals surface area contributed by atoms with Crippen LogP contribution >= 0.6 is 0 Å². The molecule has 1 unspecified atom stereocenters. The number of carboxylic acid groups (broad SMARTS) is 1. The van der Waals surface area contributed by atoms with Crippen molar-refractivity contribution in [3.63, 3.8) is 0 Å². The number of aryl methyl sites for hydroxylation is 2. The largest absolute Gasteiger partial charge is 0.508 e. The molecule has 0 radical (unpaired) electrons. The molecule has 2 rings (SSSR count). The van der Waals surface area contributed by atoms with Gasteiger partial charge in [-0.3, -0.25) is 9.48 Å². The smallest absolute Gasteiger partial charge is 0.331 e. The lowest BCUT2D eigenvalue weighted by atomic mass is 10.1. The van der Waals surface area contributed by atoms with Crippen LogP contribution in [0.4, 0.5) is 0 Å². The Morgan fingerprint density at radius 2 is 2.10 bits per heavy atom. The molecule has 21 heavy (non-hydrogen) atoms. The van der Waals surface area contributed by atoms with E-state index in [4.69, 9.17) is 0 Å². The number of hydrogen-bond acceptors (Lipinski definition) is 4. The third-order valence-electron chi connectivity index (χ3n) is 3.04. The molecule has 3 N–H and O–H groups in total. The van der Waals surface area contributed by atoms with Crippen molar-refractivity contribution in [2.75, 3.05) is 0 Å². The number of carbonyl (C=O) groups is 2. The Balaban J connectivity index is 2.25. The molecular weight excluding hydrogens is 274 g/mol. The minimum absolute atomic E-state index is 0.0473. The van der Waals surface area contributed by atoms with Crippen molar-refractivity contribution in [3.8, 4) is 5.75 Å². The molecule has 2 aromatic rings. The van der Waals surface area contributed by atoms with E-state index in [2.05, 4.69) is 10.4 Å². The molecule has 0 aliphatic heterocycles. The fourth-order valence-corrected chi connectivity index (χ4v) is 1.99. The highest BCUT2D eigenvalue weighted by Gasteiger charge is 2.24. The number of nitrogens with zero attached hydrogens (tertiary/aromatic N) is 2. The van der Waals surface area contributed by atoms with E-state index in [1.165, 1.54) is 35.3 Å². The SMILES string of the molecule is Cc1cc(O)ccc1C(=O)NC(C(=O)O)c1cnn(C)c1. The normalized spacial score (nSPS) is 11.9. The van der Waals surface area contributed by atoms with Crippen LogP contribution < -0.4 is 5.32 Å². The molecule has 1 aromatic heterocycles. The van der Waals surface area contributed by atoms with Gasteiger partial charge < -0.3 is 15.5 Å².